The van der Waals surface area contributed by atoms with Crippen LogP contribution in [-0.4, -0.2) is 26.9 Å². The first-order valence-corrected chi connectivity index (χ1v) is 11.4. The number of hydrogen-bond donors (Lipinski definition) is 2. The van der Waals surface area contributed by atoms with Gasteiger partial charge in [0, 0.05) is 5.56 Å². The number of carbonyl (C=O) groups is 2. The van der Waals surface area contributed by atoms with Crippen LogP contribution in [0.5, 0.6) is 5.75 Å². The molecule has 6 nitrogen and oxygen atoms in total. The number of benzene rings is 3. The van der Waals surface area contributed by atoms with E-state index in [1.54, 1.807) is 12.1 Å². The summed E-state index contributed by atoms with van der Waals surface area (Å²) in [5.41, 5.74) is 2.27. The number of aromatic nitrogens is 1. The molecule has 0 spiro atoms. The van der Waals surface area contributed by atoms with Crippen molar-refractivity contribution in [3.8, 4) is 5.75 Å². The van der Waals surface area contributed by atoms with Gasteiger partial charge in [0.25, 0.3) is 5.78 Å². The third-order valence-electron chi connectivity index (χ3n) is 5.80. The van der Waals surface area contributed by atoms with E-state index >= 15 is 0 Å². The number of ketones is 1. The lowest BCUT2D eigenvalue weighted by Crippen LogP contribution is -2.29. The van der Waals surface area contributed by atoms with Crippen LogP contribution >= 0.6 is 11.3 Å². The summed E-state index contributed by atoms with van der Waals surface area (Å²) in [5.74, 6) is -2.71. The summed E-state index contributed by atoms with van der Waals surface area (Å²) >= 11 is 1.27. The number of halogens is 1. The topological polar surface area (TPSA) is 90.7 Å². The van der Waals surface area contributed by atoms with E-state index in [1.165, 1.54) is 40.5 Å². The molecule has 0 saturated carbocycles. The van der Waals surface area contributed by atoms with Gasteiger partial charge in [0.2, 0.25) is 0 Å². The summed E-state index contributed by atoms with van der Waals surface area (Å²) in [6.07, 6.45) is 0.842. The molecule has 4 aromatic rings. The zero-order valence-electron chi connectivity index (χ0n) is 18.0. The molecule has 1 amide bonds. The van der Waals surface area contributed by atoms with Gasteiger partial charge in [-0.3, -0.25) is 14.5 Å². The van der Waals surface area contributed by atoms with E-state index in [9.17, 15) is 24.2 Å². The Hall–Kier alpha value is -4.04. The quantitative estimate of drug-likeness (QED) is 0.237. The molecule has 1 fully saturated rings. The first kappa shape index (κ1) is 21.8. The summed E-state index contributed by atoms with van der Waals surface area (Å²) in [6.45, 7) is 2.04. The fourth-order valence-electron chi connectivity index (χ4n) is 4.08. The molecule has 1 unspecified atom stereocenters. The number of phenolic OH excluding ortho intramolecular Hbond substituents is 1. The zero-order chi connectivity index (χ0) is 24.0. The van der Waals surface area contributed by atoms with Crippen LogP contribution in [0.2, 0.25) is 0 Å². The predicted molar refractivity (Wildman–Crippen MR) is 128 cm³/mol. The van der Waals surface area contributed by atoms with E-state index in [2.05, 4.69) is 4.98 Å². The van der Waals surface area contributed by atoms with Crippen molar-refractivity contribution in [1.82, 2.24) is 4.98 Å². The lowest BCUT2D eigenvalue weighted by Gasteiger charge is -2.23. The fraction of sp³-hybridized carbons (Fsp3) is 0.115. The second kappa shape index (κ2) is 8.39. The van der Waals surface area contributed by atoms with Gasteiger partial charge in [0.05, 0.1) is 21.8 Å². The largest absolute Gasteiger partial charge is 0.508 e. The molecule has 1 saturated heterocycles. The molecule has 1 atom stereocenters. The molecule has 0 bridgehead atoms. The van der Waals surface area contributed by atoms with Gasteiger partial charge < -0.3 is 10.2 Å². The fourth-order valence-corrected chi connectivity index (χ4v) is 5.14. The Labute approximate surface area is 198 Å². The van der Waals surface area contributed by atoms with E-state index in [0.717, 1.165) is 28.8 Å². The van der Waals surface area contributed by atoms with Crippen LogP contribution in [0, 0.1) is 5.82 Å². The van der Waals surface area contributed by atoms with Crippen LogP contribution in [0.1, 0.15) is 29.7 Å². The third kappa shape index (κ3) is 3.62. The third-order valence-corrected chi connectivity index (χ3v) is 6.82. The number of aryl methyl sites for hydroxylation is 1. The Morgan fingerprint density at radius 3 is 2.56 bits per heavy atom. The number of aromatic hydroxyl groups is 1. The molecule has 8 heteroatoms. The molecule has 1 aliphatic rings. The first-order valence-electron chi connectivity index (χ1n) is 10.6. The van der Waals surface area contributed by atoms with Crippen molar-refractivity contribution in [2.45, 2.75) is 19.4 Å². The number of fused-ring (bicyclic) bond motifs is 1. The number of phenols is 1. The number of nitrogens with zero attached hydrogens (tertiary/aromatic N) is 2. The molecule has 2 heterocycles. The van der Waals surface area contributed by atoms with Gasteiger partial charge in [-0.05, 0) is 66.1 Å². The maximum atomic E-state index is 13.4. The van der Waals surface area contributed by atoms with Gasteiger partial charge >= 0.3 is 5.91 Å². The van der Waals surface area contributed by atoms with Crippen molar-refractivity contribution in [3.63, 3.8) is 0 Å². The Morgan fingerprint density at radius 1 is 1.09 bits per heavy atom. The van der Waals surface area contributed by atoms with Crippen molar-refractivity contribution < 1.29 is 24.2 Å². The number of thiazole rings is 1. The van der Waals surface area contributed by atoms with Gasteiger partial charge in [0.1, 0.15) is 17.3 Å². The standard InChI is InChI=1S/C26H19FN2O4S/c1-2-14-6-11-19-20(12-14)34-26(28-19)29-22(16-4-3-5-18(30)13-16)21(24(32)25(29)33)23(31)15-7-9-17(27)10-8-15/h3-13,22,30-31H,2H2,1H3/b23-21+. The number of Topliss-reactive ketones (excluding diaryl/α,β-unsaturated/α-hetero) is 1. The van der Waals surface area contributed by atoms with E-state index in [0.29, 0.717) is 16.2 Å². The summed E-state index contributed by atoms with van der Waals surface area (Å²) in [5, 5.41) is 21.4. The van der Waals surface area contributed by atoms with Crippen LogP contribution in [-0.2, 0) is 16.0 Å². The van der Waals surface area contributed by atoms with Gasteiger partial charge in [-0.1, -0.05) is 36.5 Å². The Balaban J connectivity index is 1.72. The molecule has 2 N–H and O–H groups in total. The van der Waals surface area contributed by atoms with Gasteiger partial charge in [0.15, 0.2) is 5.13 Å². The molecule has 5 rings (SSSR count). The molecule has 0 radical (unpaired) electrons. The van der Waals surface area contributed by atoms with Gasteiger partial charge in [-0.15, -0.1) is 0 Å². The molecular formula is C26H19FN2O4S. The van der Waals surface area contributed by atoms with Crippen molar-refractivity contribution in [1.29, 1.82) is 0 Å². The molecule has 3 aromatic carbocycles. The zero-order valence-corrected chi connectivity index (χ0v) is 18.8. The summed E-state index contributed by atoms with van der Waals surface area (Å²) in [7, 11) is 0. The molecule has 34 heavy (non-hydrogen) atoms. The van der Waals surface area contributed by atoms with Crippen molar-refractivity contribution in [2.75, 3.05) is 4.90 Å². The van der Waals surface area contributed by atoms with Crippen LogP contribution in [0.15, 0.2) is 72.3 Å². The Bertz CT molecular complexity index is 1480. The second-order valence-corrected chi connectivity index (χ2v) is 8.93. The minimum absolute atomic E-state index is 0.0539. The highest BCUT2D eigenvalue weighted by atomic mass is 32.1. The summed E-state index contributed by atoms with van der Waals surface area (Å²) in [4.78, 5) is 32.3. The van der Waals surface area contributed by atoms with E-state index in [-0.39, 0.29) is 16.9 Å². The molecule has 1 aliphatic heterocycles. The van der Waals surface area contributed by atoms with Crippen LogP contribution in [0.3, 0.4) is 0 Å². The van der Waals surface area contributed by atoms with Crippen LogP contribution in [0.4, 0.5) is 9.52 Å². The van der Waals surface area contributed by atoms with Gasteiger partial charge in [-0.2, -0.15) is 0 Å². The number of amides is 1. The molecule has 1 aromatic heterocycles. The van der Waals surface area contributed by atoms with Crippen LogP contribution < -0.4 is 4.90 Å². The van der Waals surface area contributed by atoms with Gasteiger partial charge in [-0.25, -0.2) is 9.37 Å². The molecular weight excluding hydrogens is 455 g/mol. The van der Waals surface area contributed by atoms with Crippen LogP contribution in [0.25, 0.3) is 16.0 Å². The van der Waals surface area contributed by atoms with E-state index in [1.807, 2.05) is 25.1 Å². The lowest BCUT2D eigenvalue weighted by atomic mass is 9.95. The highest BCUT2D eigenvalue weighted by Gasteiger charge is 2.48. The lowest BCUT2D eigenvalue weighted by molar-refractivity contribution is -0.132. The maximum absolute atomic E-state index is 13.4. The normalized spacial score (nSPS) is 17.6. The van der Waals surface area contributed by atoms with Crippen molar-refractivity contribution in [3.05, 3.63) is 94.8 Å². The molecule has 0 aliphatic carbocycles. The first-order chi connectivity index (χ1) is 16.4. The smallest absolute Gasteiger partial charge is 0.301 e. The predicted octanol–water partition coefficient (Wildman–Crippen LogP) is 5.33. The minimum atomic E-state index is -1.02. The number of carbonyl (C=O) groups excluding carboxylic acids is 2. The number of aliphatic hydroxyl groups excluding tert-OH is 1. The van der Waals surface area contributed by atoms with E-state index < -0.39 is 29.3 Å². The van der Waals surface area contributed by atoms with Crippen molar-refractivity contribution >= 4 is 44.1 Å². The summed E-state index contributed by atoms with van der Waals surface area (Å²) in [6, 6.07) is 15.9. The van der Waals surface area contributed by atoms with E-state index in [4.69, 9.17) is 0 Å². The minimum Gasteiger partial charge on any atom is -0.508 e. The molecule has 170 valence electrons. The monoisotopic (exact) mass is 474 g/mol. The second-order valence-electron chi connectivity index (χ2n) is 7.92. The average molecular weight is 475 g/mol. The highest BCUT2D eigenvalue weighted by Crippen LogP contribution is 2.44. The SMILES string of the molecule is CCc1ccc2nc(N3C(=O)C(=O)/C(=C(/O)c4ccc(F)cc4)C3c3cccc(O)c3)sc2c1. The Kier molecular flexibility index (Phi) is 5.37. The Morgan fingerprint density at radius 2 is 1.85 bits per heavy atom. The highest BCUT2D eigenvalue weighted by molar-refractivity contribution is 7.22. The number of anilines is 1. The number of rotatable bonds is 4. The maximum Gasteiger partial charge on any atom is 0.301 e. The number of aliphatic hydroxyl groups is 1. The average Bonchev–Trinajstić information content (AvgIpc) is 3.36. The summed E-state index contributed by atoms with van der Waals surface area (Å²) < 4.78 is 14.3. The van der Waals surface area contributed by atoms with Crippen molar-refractivity contribution in [2.24, 2.45) is 0 Å². The number of hydrogen-bond acceptors (Lipinski definition) is 6.